The van der Waals surface area contributed by atoms with Crippen molar-refractivity contribution in [3.05, 3.63) is 28.3 Å². The Balaban J connectivity index is 2.28. The average Bonchev–Trinajstić information content (AvgIpc) is 2.47. The van der Waals surface area contributed by atoms with Crippen LogP contribution in [0.2, 0.25) is 0 Å². The van der Waals surface area contributed by atoms with Gasteiger partial charge in [0, 0.05) is 31.8 Å². The summed E-state index contributed by atoms with van der Waals surface area (Å²) in [6, 6.07) is 3.33. The molecular weight excluding hydrogens is 298 g/mol. The molecule has 0 saturated carbocycles. The predicted molar refractivity (Wildman–Crippen MR) is 76.8 cm³/mol. The lowest BCUT2D eigenvalue weighted by molar-refractivity contribution is -0.384. The molecule has 1 aromatic carbocycles. The number of nitrogens with zero attached hydrogens (tertiary/aromatic N) is 1. The fraction of sp³-hybridized carbons (Fsp3) is 0.500. The van der Waals surface area contributed by atoms with Crippen molar-refractivity contribution in [2.24, 2.45) is 0 Å². The number of anilines is 1. The quantitative estimate of drug-likeness (QED) is 0.621. The molecule has 2 N–H and O–H groups in total. The van der Waals surface area contributed by atoms with E-state index in [0.717, 1.165) is 6.42 Å². The predicted octanol–water partition coefficient (Wildman–Crippen LogP) is 1.09. The Labute approximate surface area is 122 Å². The topological polar surface area (TPSA) is 111 Å². The van der Waals surface area contributed by atoms with E-state index in [9.17, 15) is 18.5 Å². The maximum absolute atomic E-state index is 12.4. The van der Waals surface area contributed by atoms with Gasteiger partial charge in [0.1, 0.15) is 4.90 Å². The Morgan fingerprint density at radius 3 is 2.76 bits per heavy atom. The summed E-state index contributed by atoms with van der Waals surface area (Å²) in [6.07, 6.45) is 1.51. The standard InChI is InChI=1S/C12H17N3O5S/c1-13-11-7-10(15(16)17)4-5-12(11)21(18,19)14-9-3-2-6-20-8-9/h4-5,7,9,13-14H,2-3,6,8H2,1H3. The zero-order valence-electron chi connectivity index (χ0n) is 11.5. The zero-order valence-corrected chi connectivity index (χ0v) is 12.4. The molecule has 0 spiro atoms. The van der Waals surface area contributed by atoms with E-state index in [1.54, 1.807) is 0 Å². The number of nitrogens with one attached hydrogen (secondary N) is 2. The van der Waals surface area contributed by atoms with Crippen molar-refractivity contribution < 1.29 is 18.1 Å². The van der Waals surface area contributed by atoms with Gasteiger partial charge in [-0.2, -0.15) is 0 Å². The summed E-state index contributed by atoms with van der Waals surface area (Å²) < 4.78 is 32.6. The van der Waals surface area contributed by atoms with Crippen LogP contribution >= 0.6 is 0 Å². The number of non-ortho nitro benzene ring substituents is 1. The highest BCUT2D eigenvalue weighted by molar-refractivity contribution is 7.89. The summed E-state index contributed by atoms with van der Waals surface area (Å²) in [7, 11) is -2.24. The van der Waals surface area contributed by atoms with Gasteiger partial charge in [0.25, 0.3) is 5.69 Å². The Kier molecular flexibility index (Phi) is 4.76. The van der Waals surface area contributed by atoms with Crippen molar-refractivity contribution in [1.82, 2.24) is 4.72 Å². The minimum atomic E-state index is -3.76. The van der Waals surface area contributed by atoms with Crippen LogP contribution in [-0.4, -0.2) is 39.6 Å². The molecule has 1 fully saturated rings. The maximum Gasteiger partial charge on any atom is 0.271 e. The van der Waals surface area contributed by atoms with Crippen LogP contribution < -0.4 is 10.0 Å². The van der Waals surface area contributed by atoms with E-state index in [-0.39, 0.29) is 22.3 Å². The number of hydrogen-bond donors (Lipinski definition) is 2. The smallest absolute Gasteiger partial charge is 0.271 e. The lowest BCUT2D eigenvalue weighted by Crippen LogP contribution is -2.40. The highest BCUT2D eigenvalue weighted by Crippen LogP contribution is 2.26. The largest absolute Gasteiger partial charge is 0.387 e. The monoisotopic (exact) mass is 315 g/mol. The maximum atomic E-state index is 12.4. The Hall–Kier alpha value is -1.71. The molecule has 1 heterocycles. The van der Waals surface area contributed by atoms with Crippen LogP contribution in [0.3, 0.4) is 0 Å². The molecule has 21 heavy (non-hydrogen) atoms. The van der Waals surface area contributed by atoms with Crippen LogP contribution in [0.25, 0.3) is 0 Å². The minimum absolute atomic E-state index is 0.0128. The molecule has 1 aliphatic heterocycles. The van der Waals surface area contributed by atoms with Gasteiger partial charge in [0.05, 0.1) is 17.2 Å². The van der Waals surface area contributed by atoms with E-state index < -0.39 is 14.9 Å². The third-order valence-electron chi connectivity index (χ3n) is 3.21. The summed E-state index contributed by atoms with van der Waals surface area (Å²) >= 11 is 0. The molecule has 1 saturated heterocycles. The van der Waals surface area contributed by atoms with Crippen LogP contribution in [0.5, 0.6) is 0 Å². The van der Waals surface area contributed by atoms with Crippen LogP contribution in [0.4, 0.5) is 11.4 Å². The SMILES string of the molecule is CNc1cc([N+](=O)[O-])ccc1S(=O)(=O)NC1CCCOC1. The highest BCUT2D eigenvalue weighted by atomic mass is 32.2. The Bertz CT molecular complexity index is 626. The first kappa shape index (κ1) is 15.7. The second-order valence-corrected chi connectivity index (χ2v) is 6.41. The first-order valence-electron chi connectivity index (χ1n) is 6.50. The molecule has 1 unspecified atom stereocenters. The van der Waals surface area contributed by atoms with Crippen LogP contribution in [-0.2, 0) is 14.8 Å². The van der Waals surface area contributed by atoms with Gasteiger partial charge in [-0.3, -0.25) is 10.1 Å². The third-order valence-corrected chi connectivity index (χ3v) is 4.79. The first-order chi connectivity index (χ1) is 9.94. The van der Waals surface area contributed by atoms with E-state index in [0.29, 0.717) is 19.6 Å². The molecule has 1 aliphatic rings. The minimum Gasteiger partial charge on any atom is -0.387 e. The number of sulfonamides is 1. The van der Waals surface area contributed by atoms with Crippen molar-refractivity contribution in [3.8, 4) is 0 Å². The fourth-order valence-corrected chi connectivity index (χ4v) is 3.63. The zero-order chi connectivity index (χ0) is 15.5. The van der Waals surface area contributed by atoms with Gasteiger partial charge in [-0.05, 0) is 18.9 Å². The van der Waals surface area contributed by atoms with Crippen LogP contribution in [0.15, 0.2) is 23.1 Å². The lowest BCUT2D eigenvalue weighted by Gasteiger charge is -2.23. The van der Waals surface area contributed by atoms with E-state index in [1.165, 1.54) is 25.2 Å². The lowest BCUT2D eigenvalue weighted by atomic mass is 10.1. The molecule has 8 nitrogen and oxygen atoms in total. The molecule has 0 bridgehead atoms. The number of rotatable bonds is 5. The molecule has 0 amide bonds. The summed E-state index contributed by atoms with van der Waals surface area (Å²) in [4.78, 5) is 10.2. The third kappa shape index (κ3) is 3.69. The van der Waals surface area contributed by atoms with E-state index in [1.807, 2.05) is 0 Å². The van der Waals surface area contributed by atoms with Crippen molar-refractivity contribution >= 4 is 21.4 Å². The molecular formula is C12H17N3O5S. The fourth-order valence-electron chi connectivity index (χ4n) is 2.18. The molecule has 0 aromatic heterocycles. The molecule has 116 valence electrons. The van der Waals surface area contributed by atoms with Crippen molar-refractivity contribution in [3.63, 3.8) is 0 Å². The second-order valence-electron chi connectivity index (χ2n) is 4.72. The van der Waals surface area contributed by atoms with Gasteiger partial charge in [-0.15, -0.1) is 0 Å². The second kappa shape index (κ2) is 6.37. The van der Waals surface area contributed by atoms with Crippen molar-refractivity contribution in [2.75, 3.05) is 25.6 Å². The van der Waals surface area contributed by atoms with Crippen LogP contribution in [0, 0.1) is 10.1 Å². The molecule has 0 radical (unpaired) electrons. The van der Waals surface area contributed by atoms with Gasteiger partial charge >= 0.3 is 0 Å². The van der Waals surface area contributed by atoms with Gasteiger partial charge in [0.15, 0.2) is 0 Å². The van der Waals surface area contributed by atoms with Crippen molar-refractivity contribution in [1.29, 1.82) is 0 Å². The van der Waals surface area contributed by atoms with Crippen molar-refractivity contribution in [2.45, 2.75) is 23.8 Å². The molecule has 1 aromatic rings. The number of nitro groups is 1. The summed E-state index contributed by atoms with van der Waals surface area (Å²) in [5, 5.41) is 13.4. The van der Waals surface area contributed by atoms with E-state index >= 15 is 0 Å². The number of hydrogen-bond acceptors (Lipinski definition) is 6. The molecule has 1 atom stereocenters. The molecule has 9 heteroatoms. The number of nitro benzene ring substituents is 1. The van der Waals surface area contributed by atoms with E-state index in [2.05, 4.69) is 10.0 Å². The summed E-state index contributed by atoms with van der Waals surface area (Å²) in [6.45, 7) is 0.971. The molecule has 0 aliphatic carbocycles. The van der Waals surface area contributed by atoms with Gasteiger partial charge in [0.2, 0.25) is 10.0 Å². The van der Waals surface area contributed by atoms with Gasteiger partial charge < -0.3 is 10.1 Å². The average molecular weight is 315 g/mol. The first-order valence-corrected chi connectivity index (χ1v) is 7.98. The highest BCUT2D eigenvalue weighted by Gasteiger charge is 2.25. The van der Waals surface area contributed by atoms with Gasteiger partial charge in [-0.1, -0.05) is 0 Å². The number of benzene rings is 1. The summed E-state index contributed by atoms with van der Waals surface area (Å²) in [5.74, 6) is 0. The molecule has 2 rings (SSSR count). The van der Waals surface area contributed by atoms with Crippen LogP contribution in [0.1, 0.15) is 12.8 Å². The summed E-state index contributed by atoms with van der Waals surface area (Å²) in [5.41, 5.74) is 0.0210. The Morgan fingerprint density at radius 2 is 2.19 bits per heavy atom. The van der Waals surface area contributed by atoms with E-state index in [4.69, 9.17) is 4.74 Å². The van der Waals surface area contributed by atoms with Gasteiger partial charge in [-0.25, -0.2) is 13.1 Å². The normalized spacial score (nSPS) is 19.2. The number of ether oxygens (including phenoxy) is 1. The Morgan fingerprint density at radius 1 is 1.43 bits per heavy atom.